The second-order valence-electron chi connectivity index (χ2n) is 7.67. The standard InChI is InChI=1S/C21H20F6N4/c1-28-13-30(17-9-5-3-7-15(17)28)11-19(22,23)21(26,27)20(24,25)12-31-14-29(2)16-8-4-6-10-18(16)31/h3-10,13-14H,11-12H2,1-2H3/q+2. The van der Waals surface area contributed by atoms with Gasteiger partial charge in [0.25, 0.3) is 0 Å². The largest absolute Gasteiger partial charge is 0.380 e. The molecule has 164 valence electrons. The number of fused-ring (bicyclic) bond motifs is 2. The van der Waals surface area contributed by atoms with Gasteiger partial charge in [-0.1, -0.05) is 24.3 Å². The second kappa shape index (κ2) is 7.00. The molecule has 0 bridgehead atoms. The third-order valence-corrected chi connectivity index (χ3v) is 5.42. The van der Waals surface area contributed by atoms with Gasteiger partial charge in [0.05, 0.1) is 14.1 Å². The maximum Gasteiger partial charge on any atom is 0.380 e. The Balaban J connectivity index is 1.67. The fourth-order valence-electron chi connectivity index (χ4n) is 3.82. The average Bonchev–Trinajstić information content (AvgIpc) is 3.18. The van der Waals surface area contributed by atoms with E-state index in [1.54, 1.807) is 50.5 Å². The zero-order chi connectivity index (χ0) is 22.6. The topological polar surface area (TPSA) is 17.6 Å². The lowest BCUT2D eigenvalue weighted by Gasteiger charge is -2.31. The molecule has 0 spiro atoms. The van der Waals surface area contributed by atoms with Crippen LogP contribution in [0, 0.1) is 0 Å². The molecule has 2 heterocycles. The van der Waals surface area contributed by atoms with Crippen LogP contribution in [0.4, 0.5) is 26.3 Å². The number of benzene rings is 2. The van der Waals surface area contributed by atoms with E-state index in [9.17, 15) is 26.3 Å². The van der Waals surface area contributed by atoms with Crippen molar-refractivity contribution in [2.24, 2.45) is 14.1 Å². The van der Waals surface area contributed by atoms with Crippen LogP contribution in [-0.2, 0) is 27.2 Å². The number of aryl methyl sites for hydroxylation is 2. The van der Waals surface area contributed by atoms with E-state index >= 15 is 0 Å². The molecule has 0 unspecified atom stereocenters. The highest BCUT2D eigenvalue weighted by molar-refractivity contribution is 5.72. The van der Waals surface area contributed by atoms with Crippen molar-refractivity contribution < 1.29 is 35.5 Å². The Morgan fingerprint density at radius 3 is 1.39 bits per heavy atom. The van der Waals surface area contributed by atoms with E-state index in [4.69, 9.17) is 0 Å². The van der Waals surface area contributed by atoms with Crippen molar-refractivity contribution in [1.29, 1.82) is 0 Å². The number of halogens is 6. The first-order chi connectivity index (χ1) is 14.4. The average molecular weight is 442 g/mol. The number of imidazole rings is 2. The van der Waals surface area contributed by atoms with E-state index in [1.807, 2.05) is 0 Å². The molecule has 0 saturated carbocycles. The van der Waals surface area contributed by atoms with Gasteiger partial charge in [-0.05, 0) is 24.3 Å². The molecular weight excluding hydrogens is 422 g/mol. The molecule has 2 aromatic carbocycles. The normalized spacial score (nSPS) is 13.4. The minimum Gasteiger partial charge on any atom is -0.233 e. The summed E-state index contributed by atoms with van der Waals surface area (Å²) in [5, 5.41) is 0. The van der Waals surface area contributed by atoms with Gasteiger partial charge < -0.3 is 0 Å². The lowest BCUT2D eigenvalue weighted by atomic mass is 10.0. The summed E-state index contributed by atoms with van der Waals surface area (Å²) in [7, 11) is 3.11. The summed E-state index contributed by atoms with van der Waals surface area (Å²) in [5.41, 5.74) is 1.51. The highest BCUT2D eigenvalue weighted by Gasteiger charge is 2.73. The fourth-order valence-corrected chi connectivity index (χ4v) is 3.82. The number of nitrogens with zero attached hydrogens (tertiary/aromatic N) is 4. The molecule has 4 nitrogen and oxygen atoms in total. The molecule has 0 atom stereocenters. The van der Waals surface area contributed by atoms with Gasteiger partial charge in [-0.3, -0.25) is 0 Å². The van der Waals surface area contributed by atoms with Gasteiger partial charge in [-0.25, -0.2) is 18.3 Å². The van der Waals surface area contributed by atoms with Crippen LogP contribution in [0.1, 0.15) is 0 Å². The van der Waals surface area contributed by atoms with Crippen molar-refractivity contribution >= 4 is 22.1 Å². The molecule has 0 fully saturated rings. The second-order valence-corrected chi connectivity index (χ2v) is 7.67. The monoisotopic (exact) mass is 442 g/mol. The molecular formula is C21H20F6N4+2. The van der Waals surface area contributed by atoms with Crippen molar-refractivity contribution in [3.63, 3.8) is 0 Å². The SMILES string of the molecule is C[n+]1cn(CC(F)(F)C(F)(F)C(F)(F)Cn2c[n+](C)c3ccccc32)c2ccccc21. The summed E-state index contributed by atoms with van der Waals surface area (Å²) < 4.78 is 92.6. The first kappa shape index (κ1) is 21.2. The van der Waals surface area contributed by atoms with Crippen LogP contribution >= 0.6 is 0 Å². The van der Waals surface area contributed by atoms with Crippen molar-refractivity contribution in [3.8, 4) is 0 Å². The van der Waals surface area contributed by atoms with E-state index in [0.717, 1.165) is 9.13 Å². The first-order valence-corrected chi connectivity index (χ1v) is 9.45. The molecule has 0 saturated heterocycles. The van der Waals surface area contributed by atoms with E-state index in [0.29, 0.717) is 11.0 Å². The molecule has 0 radical (unpaired) electrons. The fraction of sp³-hybridized carbons (Fsp3) is 0.333. The highest BCUT2D eigenvalue weighted by atomic mass is 19.3. The van der Waals surface area contributed by atoms with Crippen LogP contribution in [0.3, 0.4) is 0 Å². The molecule has 4 rings (SSSR count). The zero-order valence-corrected chi connectivity index (χ0v) is 16.7. The van der Waals surface area contributed by atoms with Crippen LogP contribution in [0.25, 0.3) is 22.1 Å². The summed E-state index contributed by atoms with van der Waals surface area (Å²) >= 11 is 0. The minimum atomic E-state index is -5.59. The van der Waals surface area contributed by atoms with Crippen molar-refractivity contribution in [1.82, 2.24) is 9.13 Å². The summed E-state index contributed by atoms with van der Waals surface area (Å²) in [6.45, 7) is -3.17. The van der Waals surface area contributed by atoms with Crippen molar-refractivity contribution in [2.45, 2.75) is 30.9 Å². The molecule has 31 heavy (non-hydrogen) atoms. The Morgan fingerprint density at radius 1 is 0.645 bits per heavy atom. The number of aromatic nitrogens is 4. The quantitative estimate of drug-likeness (QED) is 0.319. The molecule has 4 aromatic rings. The Bertz CT molecular complexity index is 1160. The van der Waals surface area contributed by atoms with Gasteiger partial charge in [-0.15, -0.1) is 0 Å². The molecule has 0 N–H and O–H groups in total. The number of alkyl halides is 6. The van der Waals surface area contributed by atoms with Gasteiger partial charge in [0.1, 0.15) is 0 Å². The summed E-state index contributed by atoms with van der Waals surface area (Å²) in [5.74, 6) is -15.6. The van der Waals surface area contributed by atoms with E-state index < -0.39 is 30.9 Å². The molecule has 0 amide bonds. The van der Waals surface area contributed by atoms with E-state index in [-0.39, 0.29) is 11.0 Å². The summed E-state index contributed by atoms with van der Waals surface area (Å²) in [4.78, 5) is 0. The van der Waals surface area contributed by atoms with Crippen LogP contribution in [-0.4, -0.2) is 26.9 Å². The van der Waals surface area contributed by atoms with Crippen molar-refractivity contribution in [3.05, 3.63) is 61.2 Å². The lowest BCUT2D eigenvalue weighted by molar-refractivity contribution is -0.646. The Labute approximate surface area is 173 Å². The Morgan fingerprint density at radius 2 is 1.00 bits per heavy atom. The molecule has 0 aliphatic carbocycles. The maximum absolute atomic E-state index is 14.7. The third kappa shape index (κ3) is 3.34. The predicted molar refractivity (Wildman–Crippen MR) is 101 cm³/mol. The van der Waals surface area contributed by atoms with Crippen LogP contribution < -0.4 is 9.13 Å². The van der Waals surface area contributed by atoms with E-state index in [2.05, 4.69) is 0 Å². The van der Waals surface area contributed by atoms with Gasteiger partial charge in [0.2, 0.25) is 12.7 Å². The number of para-hydroxylation sites is 4. The number of hydrogen-bond acceptors (Lipinski definition) is 0. The highest BCUT2D eigenvalue weighted by Crippen LogP contribution is 2.47. The molecule has 0 aliphatic heterocycles. The number of rotatable bonds is 6. The van der Waals surface area contributed by atoms with Gasteiger partial charge in [0, 0.05) is 0 Å². The lowest BCUT2D eigenvalue weighted by Crippen LogP contribution is -2.57. The van der Waals surface area contributed by atoms with Crippen molar-refractivity contribution in [2.75, 3.05) is 0 Å². The molecule has 2 aromatic heterocycles. The summed E-state index contributed by atoms with van der Waals surface area (Å²) in [6.07, 6.45) is 2.37. The molecule has 10 heteroatoms. The predicted octanol–water partition coefficient (Wildman–Crippen LogP) is 3.85. The first-order valence-electron chi connectivity index (χ1n) is 9.45. The van der Waals surface area contributed by atoms with Crippen LogP contribution in [0.5, 0.6) is 0 Å². The van der Waals surface area contributed by atoms with Gasteiger partial charge in [-0.2, -0.15) is 26.3 Å². The number of hydrogen-bond donors (Lipinski definition) is 0. The van der Waals surface area contributed by atoms with Crippen LogP contribution in [0.2, 0.25) is 0 Å². The molecule has 0 aliphatic rings. The minimum absolute atomic E-state index is 0.243. The van der Waals surface area contributed by atoms with E-state index in [1.165, 1.54) is 33.9 Å². The zero-order valence-electron chi connectivity index (χ0n) is 16.7. The smallest absolute Gasteiger partial charge is 0.233 e. The summed E-state index contributed by atoms with van der Waals surface area (Å²) in [6, 6.07) is 12.6. The maximum atomic E-state index is 14.7. The Kier molecular flexibility index (Phi) is 4.79. The Hall–Kier alpha value is -3.04. The van der Waals surface area contributed by atoms with Crippen LogP contribution in [0.15, 0.2) is 61.2 Å². The van der Waals surface area contributed by atoms with Gasteiger partial charge in [0.15, 0.2) is 35.2 Å². The van der Waals surface area contributed by atoms with Gasteiger partial charge >= 0.3 is 17.8 Å². The third-order valence-electron chi connectivity index (χ3n) is 5.42.